The third kappa shape index (κ3) is 4.60. The van der Waals surface area contributed by atoms with Gasteiger partial charge in [0.25, 0.3) is 5.89 Å². The van der Waals surface area contributed by atoms with Crippen molar-refractivity contribution in [3.05, 3.63) is 64.7 Å². The van der Waals surface area contributed by atoms with Crippen LogP contribution in [0.25, 0.3) is 0 Å². The molecule has 0 aliphatic rings. The van der Waals surface area contributed by atoms with Crippen LogP contribution in [-0.4, -0.2) is 23.2 Å². The van der Waals surface area contributed by atoms with Gasteiger partial charge in [0.15, 0.2) is 12.4 Å². The van der Waals surface area contributed by atoms with Crippen LogP contribution in [0.2, 0.25) is 0 Å². The quantitative estimate of drug-likeness (QED) is 0.631. The van der Waals surface area contributed by atoms with E-state index in [0.29, 0.717) is 23.1 Å². The van der Waals surface area contributed by atoms with Gasteiger partial charge >= 0.3 is 0 Å². The Kier molecular flexibility index (Phi) is 5.85. The second-order valence-electron chi connectivity index (χ2n) is 5.25. The monoisotopic (exact) mass is 417 g/mol. The third-order valence-electron chi connectivity index (χ3n) is 3.40. The summed E-state index contributed by atoms with van der Waals surface area (Å²) in [5.74, 6) is 1.55. The number of hydrogen-bond acceptors (Lipinski definition) is 6. The standard InChI is InChI=1S/C18H16BrN3O4/c1-24-15-9-5-3-7-13(15)20-17(23)10-16-21-18(26-22-16)11-25-14-8-4-2-6-12(14)19/h2-9H,10-11H2,1H3,(H,20,23). The molecule has 0 aliphatic heterocycles. The Balaban J connectivity index is 1.56. The van der Waals surface area contributed by atoms with Gasteiger partial charge in [-0.15, -0.1) is 0 Å². The second kappa shape index (κ2) is 8.48. The van der Waals surface area contributed by atoms with Gasteiger partial charge in [-0.2, -0.15) is 4.98 Å². The first-order valence-corrected chi connectivity index (χ1v) is 8.56. The van der Waals surface area contributed by atoms with Crippen LogP contribution in [0.15, 0.2) is 57.5 Å². The van der Waals surface area contributed by atoms with E-state index in [1.807, 2.05) is 36.4 Å². The lowest BCUT2D eigenvalue weighted by molar-refractivity contribution is -0.115. The van der Waals surface area contributed by atoms with E-state index >= 15 is 0 Å². The van der Waals surface area contributed by atoms with Crippen LogP contribution in [0.1, 0.15) is 11.7 Å². The van der Waals surface area contributed by atoms with Crippen molar-refractivity contribution in [1.82, 2.24) is 10.1 Å². The Labute approximate surface area is 158 Å². The van der Waals surface area contributed by atoms with Crippen LogP contribution < -0.4 is 14.8 Å². The molecule has 26 heavy (non-hydrogen) atoms. The molecule has 3 rings (SSSR count). The van der Waals surface area contributed by atoms with Crippen molar-refractivity contribution in [2.75, 3.05) is 12.4 Å². The SMILES string of the molecule is COc1ccccc1NC(=O)Cc1noc(COc2ccccc2Br)n1. The van der Waals surface area contributed by atoms with Gasteiger partial charge in [-0.25, -0.2) is 0 Å². The molecule has 0 radical (unpaired) electrons. The number of hydrogen-bond donors (Lipinski definition) is 1. The number of aromatic nitrogens is 2. The second-order valence-corrected chi connectivity index (χ2v) is 6.10. The number of carbonyl (C=O) groups excluding carboxylic acids is 1. The number of rotatable bonds is 7. The molecule has 134 valence electrons. The lowest BCUT2D eigenvalue weighted by Crippen LogP contribution is -2.15. The fourth-order valence-electron chi connectivity index (χ4n) is 2.21. The average Bonchev–Trinajstić information content (AvgIpc) is 3.08. The Morgan fingerprint density at radius 1 is 1.15 bits per heavy atom. The van der Waals surface area contributed by atoms with Gasteiger partial charge in [0.1, 0.15) is 11.5 Å². The number of methoxy groups -OCH3 is 1. The number of amides is 1. The molecule has 0 aliphatic carbocycles. The van der Waals surface area contributed by atoms with Gasteiger partial charge < -0.3 is 19.3 Å². The number of nitrogens with zero attached hydrogens (tertiary/aromatic N) is 2. The zero-order valence-corrected chi connectivity index (χ0v) is 15.5. The summed E-state index contributed by atoms with van der Waals surface area (Å²) in [5.41, 5.74) is 0.584. The smallest absolute Gasteiger partial charge is 0.264 e. The molecule has 1 aromatic heterocycles. The highest BCUT2D eigenvalue weighted by Gasteiger charge is 2.13. The molecular weight excluding hydrogens is 402 g/mol. The van der Waals surface area contributed by atoms with Crippen LogP contribution in [-0.2, 0) is 17.8 Å². The molecule has 0 saturated carbocycles. The largest absolute Gasteiger partial charge is 0.495 e. The summed E-state index contributed by atoms with van der Waals surface area (Å²) in [5, 5.41) is 6.57. The molecule has 7 nitrogen and oxygen atoms in total. The molecule has 0 atom stereocenters. The molecule has 0 saturated heterocycles. The summed E-state index contributed by atoms with van der Waals surface area (Å²) < 4.78 is 16.8. The van der Waals surface area contributed by atoms with E-state index in [2.05, 4.69) is 31.4 Å². The van der Waals surface area contributed by atoms with Gasteiger partial charge in [-0.05, 0) is 40.2 Å². The molecule has 0 unspecified atom stereocenters. The predicted molar refractivity (Wildman–Crippen MR) is 98.1 cm³/mol. The Morgan fingerprint density at radius 3 is 2.65 bits per heavy atom. The highest BCUT2D eigenvalue weighted by molar-refractivity contribution is 9.10. The summed E-state index contributed by atoms with van der Waals surface area (Å²) >= 11 is 3.40. The summed E-state index contributed by atoms with van der Waals surface area (Å²) in [6, 6.07) is 14.6. The minimum Gasteiger partial charge on any atom is -0.495 e. The number of halogens is 1. The maximum absolute atomic E-state index is 12.2. The Hall–Kier alpha value is -2.87. The van der Waals surface area contributed by atoms with Gasteiger partial charge in [0.2, 0.25) is 5.91 Å². The Morgan fingerprint density at radius 2 is 1.88 bits per heavy atom. The third-order valence-corrected chi connectivity index (χ3v) is 4.05. The fourth-order valence-corrected chi connectivity index (χ4v) is 2.61. The molecule has 8 heteroatoms. The highest BCUT2D eigenvalue weighted by atomic mass is 79.9. The minimum absolute atomic E-state index is 0.0173. The van der Waals surface area contributed by atoms with Crippen molar-refractivity contribution in [2.24, 2.45) is 0 Å². The molecule has 1 amide bonds. The number of nitrogens with one attached hydrogen (secondary N) is 1. The average molecular weight is 418 g/mol. The number of anilines is 1. The first kappa shape index (κ1) is 17.9. The minimum atomic E-state index is -0.270. The highest BCUT2D eigenvalue weighted by Crippen LogP contribution is 2.25. The van der Waals surface area contributed by atoms with Crippen LogP contribution in [0.4, 0.5) is 5.69 Å². The maximum atomic E-state index is 12.2. The van der Waals surface area contributed by atoms with Crippen molar-refractivity contribution in [1.29, 1.82) is 0 Å². The van der Waals surface area contributed by atoms with Crippen LogP contribution in [0, 0.1) is 0 Å². The van der Waals surface area contributed by atoms with Crippen LogP contribution in [0.5, 0.6) is 11.5 Å². The topological polar surface area (TPSA) is 86.5 Å². The normalized spacial score (nSPS) is 10.4. The van der Waals surface area contributed by atoms with Crippen molar-refractivity contribution in [3.8, 4) is 11.5 Å². The summed E-state index contributed by atoms with van der Waals surface area (Å²) in [6.07, 6.45) is -0.0173. The zero-order valence-electron chi connectivity index (χ0n) is 13.9. The van der Waals surface area contributed by atoms with E-state index in [9.17, 15) is 4.79 Å². The molecule has 0 bridgehead atoms. The first-order valence-electron chi connectivity index (χ1n) is 7.77. The molecule has 0 spiro atoms. The van der Waals surface area contributed by atoms with Gasteiger partial charge in [0, 0.05) is 0 Å². The van der Waals surface area contributed by atoms with Gasteiger partial charge in [-0.1, -0.05) is 29.4 Å². The van der Waals surface area contributed by atoms with Crippen molar-refractivity contribution in [2.45, 2.75) is 13.0 Å². The maximum Gasteiger partial charge on any atom is 0.264 e. The molecular formula is C18H16BrN3O4. The molecule has 0 fully saturated rings. The summed E-state index contributed by atoms with van der Waals surface area (Å²) in [4.78, 5) is 16.3. The van der Waals surface area contributed by atoms with E-state index in [1.165, 1.54) is 0 Å². The lowest BCUT2D eigenvalue weighted by Gasteiger charge is -2.08. The van der Waals surface area contributed by atoms with Gasteiger partial charge in [-0.3, -0.25) is 4.79 Å². The predicted octanol–water partition coefficient (Wildman–Crippen LogP) is 3.60. The zero-order chi connectivity index (χ0) is 18.4. The summed E-state index contributed by atoms with van der Waals surface area (Å²) in [6.45, 7) is 0.115. The first-order chi connectivity index (χ1) is 12.7. The number of carbonyl (C=O) groups is 1. The molecule has 1 heterocycles. The fraction of sp³-hybridized carbons (Fsp3) is 0.167. The number of benzene rings is 2. The lowest BCUT2D eigenvalue weighted by atomic mass is 10.2. The van der Waals surface area contributed by atoms with Crippen LogP contribution >= 0.6 is 15.9 Å². The molecule has 3 aromatic rings. The molecule has 2 aromatic carbocycles. The Bertz CT molecular complexity index is 897. The number of ether oxygens (including phenoxy) is 2. The van der Waals surface area contributed by atoms with E-state index in [0.717, 1.165) is 4.47 Å². The van der Waals surface area contributed by atoms with E-state index < -0.39 is 0 Å². The van der Waals surface area contributed by atoms with Crippen molar-refractivity contribution < 1.29 is 18.8 Å². The molecule has 1 N–H and O–H groups in total. The van der Waals surface area contributed by atoms with Crippen LogP contribution in [0.3, 0.4) is 0 Å². The van der Waals surface area contributed by atoms with E-state index in [1.54, 1.807) is 19.2 Å². The van der Waals surface area contributed by atoms with Crippen molar-refractivity contribution in [3.63, 3.8) is 0 Å². The van der Waals surface area contributed by atoms with Gasteiger partial charge in [0.05, 0.1) is 23.7 Å². The van der Waals surface area contributed by atoms with Crippen molar-refractivity contribution >= 4 is 27.5 Å². The van der Waals surface area contributed by atoms with E-state index in [4.69, 9.17) is 14.0 Å². The summed E-state index contributed by atoms with van der Waals surface area (Å²) in [7, 11) is 1.54. The van der Waals surface area contributed by atoms with E-state index in [-0.39, 0.29) is 24.8 Å². The number of para-hydroxylation sites is 3.